The van der Waals surface area contributed by atoms with Crippen molar-refractivity contribution in [3.63, 3.8) is 0 Å². The Morgan fingerprint density at radius 2 is 1.50 bits per heavy atom. The largest absolute Gasteiger partial charge is 0.493 e. The van der Waals surface area contributed by atoms with Crippen molar-refractivity contribution in [2.75, 3.05) is 47.6 Å². The van der Waals surface area contributed by atoms with Crippen molar-refractivity contribution in [1.29, 1.82) is 0 Å². The number of amides is 2. The quantitative estimate of drug-likeness (QED) is 0.499. The van der Waals surface area contributed by atoms with E-state index in [0.717, 1.165) is 0 Å². The van der Waals surface area contributed by atoms with Crippen LogP contribution in [0.4, 0.5) is 5.69 Å². The minimum absolute atomic E-state index is 0.124. The lowest BCUT2D eigenvalue weighted by Gasteiger charge is -2.40. The van der Waals surface area contributed by atoms with E-state index in [1.54, 1.807) is 61.5 Å². The highest BCUT2D eigenvalue weighted by Gasteiger charge is 2.44. The van der Waals surface area contributed by atoms with Crippen LogP contribution in [0, 0.1) is 0 Å². The van der Waals surface area contributed by atoms with Crippen LogP contribution in [0.1, 0.15) is 33.4 Å². The Morgan fingerprint density at radius 1 is 0.842 bits per heavy atom. The van der Waals surface area contributed by atoms with Crippen molar-refractivity contribution < 1.29 is 38.0 Å². The molecule has 0 bridgehead atoms. The molecule has 2 unspecified atom stereocenters. The zero-order valence-electron chi connectivity index (χ0n) is 21.7. The standard InChI is InChI=1S/C28H28N2O8/c1-30-26(15-6-8-19(33-2)21(10-15)34-3)25(17-12-22(35-4)23(36-5)13-18(17)28(30)32)27(31)29-16-7-9-20-24(11-16)38-14-37-20/h6-13,25-26H,14H2,1-5H3,(H,29,31). The lowest BCUT2D eigenvalue weighted by Crippen LogP contribution is -2.44. The molecule has 10 heteroatoms. The summed E-state index contributed by atoms with van der Waals surface area (Å²) in [5.41, 5.74) is 2.10. The molecular weight excluding hydrogens is 492 g/mol. The predicted octanol–water partition coefficient (Wildman–Crippen LogP) is 4.00. The second kappa shape index (κ2) is 10.0. The molecule has 0 saturated heterocycles. The summed E-state index contributed by atoms with van der Waals surface area (Å²) in [6, 6.07) is 13.2. The van der Waals surface area contributed by atoms with E-state index in [-0.39, 0.29) is 18.6 Å². The summed E-state index contributed by atoms with van der Waals surface area (Å²) in [7, 11) is 7.76. The molecule has 2 heterocycles. The number of anilines is 1. The van der Waals surface area contributed by atoms with E-state index in [2.05, 4.69) is 5.32 Å². The molecular formula is C28H28N2O8. The molecule has 0 aliphatic carbocycles. The molecule has 38 heavy (non-hydrogen) atoms. The van der Waals surface area contributed by atoms with Gasteiger partial charge in [-0.1, -0.05) is 6.07 Å². The van der Waals surface area contributed by atoms with Gasteiger partial charge in [0.1, 0.15) is 0 Å². The maximum atomic E-state index is 14.0. The minimum Gasteiger partial charge on any atom is -0.493 e. The lowest BCUT2D eigenvalue weighted by atomic mass is 9.79. The summed E-state index contributed by atoms with van der Waals surface area (Å²) in [6.07, 6.45) is 0. The van der Waals surface area contributed by atoms with Crippen LogP contribution in [-0.4, -0.2) is 59.0 Å². The van der Waals surface area contributed by atoms with Crippen molar-refractivity contribution in [2.24, 2.45) is 0 Å². The number of nitrogens with one attached hydrogen (secondary N) is 1. The molecule has 0 spiro atoms. The first-order valence-corrected chi connectivity index (χ1v) is 11.9. The fourth-order valence-corrected chi connectivity index (χ4v) is 4.98. The SMILES string of the molecule is COc1ccc(C2C(C(=O)Nc3ccc4c(c3)OCO4)c3cc(OC)c(OC)cc3C(=O)N2C)cc1OC. The van der Waals surface area contributed by atoms with Gasteiger partial charge in [-0.2, -0.15) is 0 Å². The van der Waals surface area contributed by atoms with E-state index in [4.69, 9.17) is 28.4 Å². The third-order valence-corrected chi connectivity index (χ3v) is 6.85. The number of carbonyl (C=O) groups excluding carboxylic acids is 2. The summed E-state index contributed by atoms with van der Waals surface area (Å²) in [5, 5.41) is 2.99. The van der Waals surface area contributed by atoms with E-state index in [0.29, 0.717) is 56.9 Å². The smallest absolute Gasteiger partial charge is 0.254 e. The third kappa shape index (κ3) is 4.17. The number of likely N-dealkylation sites (N-methyl/N-ethyl adjacent to an activating group) is 1. The average Bonchev–Trinajstić information content (AvgIpc) is 3.41. The number of fused-ring (bicyclic) bond motifs is 2. The van der Waals surface area contributed by atoms with Gasteiger partial charge in [-0.15, -0.1) is 0 Å². The van der Waals surface area contributed by atoms with E-state index in [9.17, 15) is 9.59 Å². The number of hydrogen-bond acceptors (Lipinski definition) is 8. The van der Waals surface area contributed by atoms with Crippen LogP contribution in [0.25, 0.3) is 0 Å². The molecule has 2 amide bonds. The van der Waals surface area contributed by atoms with Crippen LogP contribution in [0.15, 0.2) is 48.5 Å². The normalized spacial score (nSPS) is 17.5. The minimum atomic E-state index is -0.809. The van der Waals surface area contributed by atoms with E-state index < -0.39 is 12.0 Å². The third-order valence-electron chi connectivity index (χ3n) is 6.85. The van der Waals surface area contributed by atoms with Crippen molar-refractivity contribution >= 4 is 17.5 Å². The number of methoxy groups -OCH3 is 4. The molecule has 0 saturated carbocycles. The molecule has 2 aliphatic heterocycles. The van der Waals surface area contributed by atoms with E-state index in [1.165, 1.54) is 21.3 Å². The van der Waals surface area contributed by atoms with Gasteiger partial charge in [0.15, 0.2) is 34.5 Å². The molecule has 1 N–H and O–H groups in total. The van der Waals surface area contributed by atoms with Gasteiger partial charge in [0.05, 0.1) is 40.4 Å². The Hall–Kier alpha value is -4.60. The first-order chi connectivity index (χ1) is 18.4. The highest BCUT2D eigenvalue weighted by Crippen LogP contribution is 2.47. The molecule has 10 nitrogen and oxygen atoms in total. The Morgan fingerprint density at radius 3 is 2.21 bits per heavy atom. The van der Waals surface area contributed by atoms with Crippen molar-refractivity contribution in [1.82, 2.24) is 4.90 Å². The summed E-state index contributed by atoms with van der Waals surface area (Å²) in [6.45, 7) is 0.124. The number of hydrogen-bond donors (Lipinski definition) is 1. The number of ether oxygens (including phenoxy) is 6. The predicted molar refractivity (Wildman–Crippen MR) is 138 cm³/mol. The topological polar surface area (TPSA) is 105 Å². The van der Waals surface area contributed by atoms with E-state index in [1.807, 2.05) is 6.07 Å². The van der Waals surface area contributed by atoms with Gasteiger partial charge in [-0.3, -0.25) is 9.59 Å². The average molecular weight is 521 g/mol. The number of benzene rings is 3. The second-order valence-corrected chi connectivity index (χ2v) is 8.80. The first-order valence-electron chi connectivity index (χ1n) is 11.9. The number of nitrogens with zero attached hydrogens (tertiary/aromatic N) is 1. The maximum Gasteiger partial charge on any atom is 0.254 e. The van der Waals surface area contributed by atoms with Gasteiger partial charge >= 0.3 is 0 Å². The molecule has 0 aromatic heterocycles. The van der Waals surface area contributed by atoms with Crippen LogP contribution in [0.3, 0.4) is 0 Å². The zero-order valence-corrected chi connectivity index (χ0v) is 21.7. The Kier molecular flexibility index (Phi) is 6.62. The lowest BCUT2D eigenvalue weighted by molar-refractivity contribution is -0.119. The molecule has 0 radical (unpaired) electrons. The van der Waals surface area contributed by atoms with Crippen molar-refractivity contribution in [3.8, 4) is 34.5 Å². The summed E-state index contributed by atoms with van der Waals surface area (Å²) in [5.74, 6) is 1.59. The Balaban J connectivity index is 1.64. The molecule has 2 atom stereocenters. The number of rotatable bonds is 7. The highest BCUT2D eigenvalue weighted by molar-refractivity contribution is 6.05. The monoisotopic (exact) mass is 520 g/mol. The summed E-state index contributed by atoms with van der Waals surface area (Å²) >= 11 is 0. The van der Waals surface area contributed by atoms with Crippen molar-refractivity contribution in [2.45, 2.75) is 12.0 Å². The second-order valence-electron chi connectivity index (χ2n) is 8.80. The van der Waals surface area contributed by atoms with Crippen molar-refractivity contribution in [3.05, 3.63) is 65.2 Å². The molecule has 5 rings (SSSR count). The fourth-order valence-electron chi connectivity index (χ4n) is 4.98. The first kappa shape index (κ1) is 25.1. The highest BCUT2D eigenvalue weighted by atomic mass is 16.7. The van der Waals surface area contributed by atoms with E-state index >= 15 is 0 Å². The van der Waals surface area contributed by atoms with Gasteiger partial charge in [0, 0.05) is 24.4 Å². The molecule has 198 valence electrons. The van der Waals surface area contributed by atoms with Gasteiger partial charge in [-0.05, 0) is 47.5 Å². The van der Waals surface area contributed by atoms with Crippen LogP contribution < -0.4 is 33.7 Å². The Bertz CT molecular complexity index is 1410. The van der Waals surface area contributed by atoms with Crippen LogP contribution >= 0.6 is 0 Å². The van der Waals surface area contributed by atoms with Gasteiger partial charge < -0.3 is 38.6 Å². The molecule has 3 aromatic carbocycles. The van der Waals surface area contributed by atoms with Crippen LogP contribution in [-0.2, 0) is 4.79 Å². The zero-order chi connectivity index (χ0) is 27.0. The van der Waals surface area contributed by atoms with Crippen LogP contribution in [0.2, 0.25) is 0 Å². The van der Waals surface area contributed by atoms with Gasteiger partial charge in [0.2, 0.25) is 12.7 Å². The fraction of sp³-hybridized carbons (Fsp3) is 0.286. The summed E-state index contributed by atoms with van der Waals surface area (Å²) < 4.78 is 32.7. The van der Waals surface area contributed by atoms with Gasteiger partial charge in [-0.25, -0.2) is 0 Å². The Labute approximate surface area is 219 Å². The van der Waals surface area contributed by atoms with Gasteiger partial charge in [0.25, 0.3) is 5.91 Å². The van der Waals surface area contributed by atoms with Crippen LogP contribution in [0.5, 0.6) is 34.5 Å². The molecule has 2 aliphatic rings. The number of carbonyl (C=O) groups is 2. The molecule has 3 aromatic rings. The molecule has 0 fully saturated rings. The maximum absolute atomic E-state index is 14.0. The summed E-state index contributed by atoms with van der Waals surface area (Å²) in [4.78, 5) is 29.2.